The van der Waals surface area contributed by atoms with Crippen molar-refractivity contribution in [2.75, 3.05) is 24.6 Å². The molecule has 3 aromatic rings. The summed E-state index contributed by atoms with van der Waals surface area (Å²) in [5, 5.41) is 4.35. The second kappa shape index (κ2) is 7.38. The second-order valence-corrected chi connectivity index (χ2v) is 10.1. The fourth-order valence-electron chi connectivity index (χ4n) is 3.27. The number of sulfonamides is 1. The van der Waals surface area contributed by atoms with Crippen LogP contribution >= 0.6 is 11.8 Å². The average Bonchev–Trinajstić information content (AvgIpc) is 3.00. The highest BCUT2D eigenvalue weighted by Gasteiger charge is 2.27. The number of hydrogen-bond donors (Lipinski definition) is 0. The zero-order valence-electron chi connectivity index (χ0n) is 15.8. The van der Waals surface area contributed by atoms with Crippen molar-refractivity contribution < 1.29 is 8.42 Å². The number of fused-ring (bicyclic) bond motifs is 1. The van der Waals surface area contributed by atoms with E-state index in [-0.39, 0.29) is 10.6 Å². The third-order valence-corrected chi connectivity index (χ3v) is 7.89. The van der Waals surface area contributed by atoms with Crippen molar-refractivity contribution in [1.82, 2.24) is 18.5 Å². The van der Waals surface area contributed by atoms with Gasteiger partial charge in [-0.3, -0.25) is 0 Å². The molecule has 0 amide bonds. The number of nitrogens with zero attached hydrogens (tertiary/aromatic N) is 4. The van der Waals surface area contributed by atoms with Gasteiger partial charge in [-0.25, -0.2) is 22.3 Å². The van der Waals surface area contributed by atoms with E-state index in [4.69, 9.17) is 0 Å². The first kappa shape index (κ1) is 19.2. The molecule has 0 spiro atoms. The SMILES string of the molecule is Cc1ccc(Cn2nc3ccc(S(=O)(=O)N4CCSCC4)cn3c2=O)cc1C. The lowest BCUT2D eigenvalue weighted by atomic mass is 10.1. The highest BCUT2D eigenvalue weighted by Crippen LogP contribution is 2.20. The molecule has 3 heterocycles. The summed E-state index contributed by atoms with van der Waals surface area (Å²) in [6, 6.07) is 9.15. The Hall–Kier alpha value is -2.10. The number of hydrogen-bond acceptors (Lipinski definition) is 5. The molecule has 0 N–H and O–H groups in total. The maximum Gasteiger partial charge on any atom is 0.350 e. The molecule has 0 saturated carbocycles. The summed E-state index contributed by atoms with van der Waals surface area (Å²) in [6.45, 7) is 5.39. The van der Waals surface area contributed by atoms with Crippen molar-refractivity contribution in [3.63, 3.8) is 0 Å². The maximum absolute atomic E-state index is 12.9. The van der Waals surface area contributed by atoms with Gasteiger partial charge in [0.1, 0.15) is 0 Å². The van der Waals surface area contributed by atoms with Crippen LogP contribution in [0.2, 0.25) is 0 Å². The van der Waals surface area contributed by atoms with Gasteiger partial charge in [0.25, 0.3) is 0 Å². The van der Waals surface area contributed by atoms with Gasteiger partial charge in [0.2, 0.25) is 10.0 Å². The van der Waals surface area contributed by atoms with Gasteiger partial charge in [0.15, 0.2) is 5.65 Å². The topological polar surface area (TPSA) is 76.7 Å². The van der Waals surface area contributed by atoms with E-state index in [0.29, 0.717) is 25.3 Å². The zero-order valence-corrected chi connectivity index (χ0v) is 17.5. The van der Waals surface area contributed by atoms with E-state index >= 15 is 0 Å². The molecule has 0 radical (unpaired) electrons. The largest absolute Gasteiger partial charge is 0.350 e. The predicted molar refractivity (Wildman–Crippen MR) is 111 cm³/mol. The minimum absolute atomic E-state index is 0.125. The van der Waals surface area contributed by atoms with Gasteiger partial charge in [-0.2, -0.15) is 16.1 Å². The average molecular weight is 419 g/mol. The smallest absolute Gasteiger partial charge is 0.249 e. The van der Waals surface area contributed by atoms with Gasteiger partial charge in [0.05, 0.1) is 11.4 Å². The van der Waals surface area contributed by atoms with Crippen molar-refractivity contribution in [2.24, 2.45) is 0 Å². The number of thioether (sulfide) groups is 1. The van der Waals surface area contributed by atoms with Crippen LogP contribution in [0.15, 0.2) is 46.2 Å². The molecule has 148 valence electrons. The van der Waals surface area contributed by atoms with Crippen LogP contribution < -0.4 is 5.69 Å². The number of benzene rings is 1. The van der Waals surface area contributed by atoms with Crippen molar-refractivity contribution in [1.29, 1.82) is 0 Å². The number of aromatic nitrogens is 3. The molecule has 0 unspecified atom stereocenters. The minimum Gasteiger partial charge on any atom is -0.249 e. The van der Waals surface area contributed by atoms with E-state index < -0.39 is 10.0 Å². The standard InChI is InChI=1S/C19H22N4O3S2/c1-14-3-4-16(11-15(14)2)12-23-19(24)22-13-17(5-6-18(22)20-23)28(25,26)21-7-9-27-10-8-21/h3-6,11,13H,7-10,12H2,1-2H3. The molecule has 1 fully saturated rings. The van der Waals surface area contributed by atoms with Crippen LogP contribution in [0.5, 0.6) is 0 Å². The van der Waals surface area contributed by atoms with Crippen LogP contribution in [-0.4, -0.2) is 51.5 Å². The van der Waals surface area contributed by atoms with Crippen LogP contribution in [0, 0.1) is 13.8 Å². The molecule has 0 aliphatic carbocycles. The van der Waals surface area contributed by atoms with Crippen LogP contribution in [0.25, 0.3) is 5.65 Å². The van der Waals surface area contributed by atoms with Crippen LogP contribution in [0.1, 0.15) is 16.7 Å². The Morgan fingerprint density at radius 1 is 1.07 bits per heavy atom. The Kier molecular flexibility index (Phi) is 5.07. The van der Waals surface area contributed by atoms with Gasteiger partial charge in [-0.1, -0.05) is 18.2 Å². The lowest BCUT2D eigenvalue weighted by Gasteiger charge is -2.25. The monoisotopic (exact) mass is 418 g/mol. The van der Waals surface area contributed by atoms with E-state index in [2.05, 4.69) is 5.10 Å². The zero-order chi connectivity index (χ0) is 19.9. The first-order valence-electron chi connectivity index (χ1n) is 9.09. The molecule has 28 heavy (non-hydrogen) atoms. The third kappa shape index (κ3) is 3.49. The fraction of sp³-hybridized carbons (Fsp3) is 0.368. The van der Waals surface area contributed by atoms with Crippen LogP contribution in [-0.2, 0) is 16.6 Å². The molecule has 0 atom stereocenters. The highest BCUT2D eigenvalue weighted by atomic mass is 32.2. The van der Waals surface area contributed by atoms with E-state index in [1.165, 1.54) is 31.2 Å². The van der Waals surface area contributed by atoms with Gasteiger partial charge >= 0.3 is 5.69 Å². The second-order valence-electron chi connectivity index (χ2n) is 6.97. The fourth-order valence-corrected chi connectivity index (χ4v) is 5.84. The van der Waals surface area contributed by atoms with E-state index in [1.807, 2.05) is 32.0 Å². The molecule has 1 aliphatic heterocycles. The predicted octanol–water partition coefficient (Wildman–Crippen LogP) is 1.90. The van der Waals surface area contributed by atoms with Gasteiger partial charge in [-0.15, -0.1) is 5.10 Å². The molecule has 1 aliphatic rings. The van der Waals surface area contributed by atoms with Crippen LogP contribution in [0.3, 0.4) is 0 Å². The molecule has 0 bridgehead atoms. The molecule has 7 nitrogen and oxygen atoms in total. The summed E-state index contributed by atoms with van der Waals surface area (Å²) in [5.74, 6) is 1.57. The molecular weight excluding hydrogens is 396 g/mol. The first-order valence-corrected chi connectivity index (χ1v) is 11.7. The van der Waals surface area contributed by atoms with E-state index in [0.717, 1.165) is 22.6 Å². The molecule has 1 saturated heterocycles. The summed E-state index contributed by atoms with van der Waals surface area (Å²) in [5.41, 5.74) is 3.41. The molecule has 9 heteroatoms. The summed E-state index contributed by atoms with van der Waals surface area (Å²) in [7, 11) is -3.61. The Labute approximate surface area is 168 Å². The van der Waals surface area contributed by atoms with Crippen molar-refractivity contribution in [2.45, 2.75) is 25.3 Å². The van der Waals surface area contributed by atoms with Gasteiger partial charge < -0.3 is 0 Å². The normalized spacial score (nSPS) is 15.9. The lowest BCUT2D eigenvalue weighted by Crippen LogP contribution is -2.38. The number of aryl methyl sites for hydroxylation is 2. The van der Waals surface area contributed by atoms with Gasteiger partial charge in [-0.05, 0) is 42.7 Å². The van der Waals surface area contributed by atoms with Crippen molar-refractivity contribution in [3.8, 4) is 0 Å². The lowest BCUT2D eigenvalue weighted by molar-refractivity contribution is 0.443. The summed E-state index contributed by atoms with van der Waals surface area (Å²) in [4.78, 5) is 12.9. The third-order valence-electron chi connectivity index (χ3n) is 5.06. The maximum atomic E-state index is 12.9. The van der Waals surface area contributed by atoms with E-state index in [9.17, 15) is 13.2 Å². The van der Waals surface area contributed by atoms with Crippen LogP contribution in [0.4, 0.5) is 0 Å². The molecule has 4 rings (SSSR count). The summed E-state index contributed by atoms with van der Waals surface area (Å²) >= 11 is 1.75. The van der Waals surface area contributed by atoms with E-state index in [1.54, 1.807) is 17.8 Å². The number of pyridine rings is 1. The Morgan fingerprint density at radius 2 is 1.82 bits per heavy atom. The van der Waals surface area contributed by atoms with Crippen molar-refractivity contribution in [3.05, 3.63) is 63.7 Å². The summed E-state index contributed by atoms with van der Waals surface area (Å²) in [6.07, 6.45) is 1.39. The molecular formula is C19H22N4O3S2. The Morgan fingerprint density at radius 3 is 2.54 bits per heavy atom. The molecule has 2 aromatic heterocycles. The number of rotatable bonds is 4. The quantitative estimate of drug-likeness (QED) is 0.647. The Bertz CT molecular complexity index is 1190. The molecule has 1 aromatic carbocycles. The first-order chi connectivity index (χ1) is 13.4. The Balaban J connectivity index is 1.69. The summed E-state index contributed by atoms with van der Waals surface area (Å²) < 4.78 is 29.9. The minimum atomic E-state index is -3.61. The van der Waals surface area contributed by atoms with Crippen molar-refractivity contribution >= 4 is 27.4 Å². The van der Waals surface area contributed by atoms with Gasteiger partial charge in [0, 0.05) is 30.8 Å². The highest BCUT2D eigenvalue weighted by molar-refractivity contribution is 7.99.